The quantitative estimate of drug-likeness (QED) is 0.355. The Labute approximate surface area is 256 Å². The van der Waals surface area contributed by atoms with Gasteiger partial charge >= 0.3 is 0 Å². The number of rotatable bonds is 8. The Morgan fingerprint density at radius 1 is 1.09 bits per heavy atom. The lowest BCUT2D eigenvalue weighted by atomic mass is 9.90. The van der Waals surface area contributed by atoms with E-state index in [2.05, 4.69) is 37.4 Å². The fourth-order valence-corrected chi connectivity index (χ4v) is 5.95. The third-order valence-electron chi connectivity index (χ3n) is 8.64. The van der Waals surface area contributed by atoms with Crippen molar-refractivity contribution in [3.8, 4) is 11.3 Å². The Kier molecular flexibility index (Phi) is 8.21. The van der Waals surface area contributed by atoms with Gasteiger partial charge in [0.2, 0.25) is 11.9 Å². The molecule has 2 fully saturated rings. The molecule has 0 bridgehead atoms. The van der Waals surface area contributed by atoms with Gasteiger partial charge in [-0.2, -0.15) is 0 Å². The summed E-state index contributed by atoms with van der Waals surface area (Å²) >= 11 is 6.45. The molecule has 1 aliphatic carbocycles. The Bertz CT molecular complexity index is 1520. The fraction of sp³-hybridized carbons (Fsp3) is 0.452. The van der Waals surface area contributed by atoms with Crippen LogP contribution in [0.15, 0.2) is 42.6 Å². The zero-order valence-electron chi connectivity index (χ0n) is 24.6. The first-order chi connectivity index (χ1) is 20.7. The van der Waals surface area contributed by atoms with Crippen molar-refractivity contribution >= 4 is 35.2 Å². The van der Waals surface area contributed by atoms with Gasteiger partial charge < -0.3 is 30.4 Å². The van der Waals surface area contributed by atoms with E-state index in [0.717, 1.165) is 43.3 Å². The second-order valence-electron chi connectivity index (χ2n) is 11.8. The smallest absolute Gasteiger partial charge is 0.255 e. The molecule has 0 unspecified atom stereocenters. The predicted octanol–water partition coefficient (Wildman–Crippen LogP) is 3.10. The van der Waals surface area contributed by atoms with Gasteiger partial charge in [0.05, 0.1) is 34.8 Å². The van der Waals surface area contributed by atoms with Crippen LogP contribution in [0, 0.1) is 0 Å². The van der Waals surface area contributed by atoms with Gasteiger partial charge in [0.1, 0.15) is 11.9 Å². The molecule has 11 nitrogen and oxygen atoms in total. The second-order valence-corrected chi connectivity index (χ2v) is 12.2. The first-order valence-electron chi connectivity index (χ1n) is 14.8. The van der Waals surface area contributed by atoms with E-state index in [0.29, 0.717) is 47.2 Å². The Balaban J connectivity index is 1.12. The molecule has 6 rings (SSSR count). The number of carbonyl (C=O) groups excluding carboxylic acids is 2. The second kappa shape index (κ2) is 12.1. The molecule has 3 aromatic rings. The van der Waals surface area contributed by atoms with Crippen LogP contribution in [-0.2, 0) is 11.3 Å². The van der Waals surface area contributed by atoms with E-state index < -0.39 is 6.04 Å². The van der Waals surface area contributed by atoms with Crippen LogP contribution < -0.4 is 15.5 Å². The van der Waals surface area contributed by atoms with Gasteiger partial charge in [-0.05, 0) is 57.5 Å². The number of hydrogen-bond acceptors (Lipinski definition) is 9. The van der Waals surface area contributed by atoms with Crippen LogP contribution in [0.2, 0.25) is 5.02 Å². The lowest BCUT2D eigenvalue weighted by Crippen LogP contribution is -2.46. The van der Waals surface area contributed by atoms with Crippen molar-refractivity contribution in [3.05, 3.63) is 64.4 Å². The predicted molar refractivity (Wildman–Crippen MR) is 165 cm³/mol. The fourth-order valence-electron chi connectivity index (χ4n) is 5.75. The summed E-state index contributed by atoms with van der Waals surface area (Å²) < 4.78 is 0. The topological polar surface area (TPSA) is 127 Å². The minimum atomic E-state index is -0.678. The summed E-state index contributed by atoms with van der Waals surface area (Å²) in [6.45, 7) is 7.80. The Morgan fingerprint density at radius 3 is 2.60 bits per heavy atom. The number of likely N-dealkylation sites (N-methyl/N-ethyl adjacent to an activating group) is 1. The van der Waals surface area contributed by atoms with Gasteiger partial charge in [-0.25, -0.2) is 15.0 Å². The number of carbonyl (C=O) groups is 2. The standard InChI is InChI=1S/C31H37ClN8O3/c1-18(26-5-4-6-27(36-26)39-11-9-38(3)10-12-39)34-29(42)19(2)40-17-21-8-7-20(13-24(21)30(40)43)28-25(32)16-33-31(37-28)35-22-14-23(41)15-22/h4-8,13,16,18-19,22-23,41H,9-12,14-15,17H2,1-3H3,(H,34,42)(H,33,35,37)/t18-,19-,22?,23?/m1/s1. The average molecular weight is 605 g/mol. The molecule has 1 saturated carbocycles. The molecular formula is C31H37ClN8O3. The lowest BCUT2D eigenvalue weighted by Gasteiger charge is -2.33. The molecule has 4 heterocycles. The number of hydrogen-bond donors (Lipinski definition) is 3. The number of aromatic nitrogens is 3. The average Bonchev–Trinajstić information content (AvgIpc) is 3.32. The number of aliphatic hydroxyl groups is 1. The van der Waals surface area contributed by atoms with E-state index in [1.165, 1.54) is 6.20 Å². The van der Waals surface area contributed by atoms with Crippen molar-refractivity contribution in [2.45, 2.75) is 57.5 Å². The summed E-state index contributed by atoms with van der Waals surface area (Å²) in [5.74, 6) is 0.882. The van der Waals surface area contributed by atoms with Gasteiger partial charge in [0.15, 0.2) is 0 Å². The number of benzene rings is 1. The number of nitrogens with zero attached hydrogens (tertiary/aromatic N) is 6. The number of nitrogens with one attached hydrogen (secondary N) is 2. The van der Waals surface area contributed by atoms with Gasteiger partial charge in [0.25, 0.3) is 5.91 Å². The third kappa shape index (κ3) is 6.15. The zero-order valence-corrected chi connectivity index (χ0v) is 25.4. The monoisotopic (exact) mass is 604 g/mol. The summed E-state index contributed by atoms with van der Waals surface area (Å²) in [6, 6.07) is 10.6. The molecule has 12 heteroatoms. The molecular weight excluding hydrogens is 568 g/mol. The summed E-state index contributed by atoms with van der Waals surface area (Å²) in [5.41, 5.74) is 3.35. The highest BCUT2D eigenvalue weighted by atomic mass is 35.5. The van der Waals surface area contributed by atoms with E-state index in [1.807, 2.05) is 37.3 Å². The first kappa shape index (κ1) is 29.3. The van der Waals surface area contributed by atoms with Gasteiger partial charge in [0, 0.05) is 49.9 Å². The minimum Gasteiger partial charge on any atom is -0.393 e. The SMILES string of the molecule is C[C@H](C(=O)N[C@H](C)c1cccc(N2CCN(C)CC2)n1)N1Cc2ccc(-c3nc(NC4CC(O)C4)ncc3Cl)cc2C1=O. The van der Waals surface area contributed by atoms with Crippen LogP contribution in [0.4, 0.5) is 11.8 Å². The van der Waals surface area contributed by atoms with Crippen molar-refractivity contribution in [2.75, 3.05) is 43.4 Å². The van der Waals surface area contributed by atoms with Crippen molar-refractivity contribution in [2.24, 2.45) is 0 Å². The van der Waals surface area contributed by atoms with Gasteiger partial charge in [-0.3, -0.25) is 9.59 Å². The maximum absolute atomic E-state index is 13.5. The molecule has 0 radical (unpaired) electrons. The number of amides is 2. The van der Waals surface area contributed by atoms with Crippen LogP contribution >= 0.6 is 11.6 Å². The molecule has 0 spiro atoms. The van der Waals surface area contributed by atoms with Crippen LogP contribution in [0.5, 0.6) is 0 Å². The molecule has 1 aromatic carbocycles. The van der Waals surface area contributed by atoms with Crippen molar-refractivity contribution < 1.29 is 14.7 Å². The van der Waals surface area contributed by atoms with Crippen LogP contribution in [0.1, 0.15) is 54.3 Å². The van der Waals surface area contributed by atoms with Crippen molar-refractivity contribution in [3.63, 3.8) is 0 Å². The number of piperazine rings is 1. The summed E-state index contributed by atoms with van der Waals surface area (Å²) in [6.07, 6.45) is 2.53. The van der Waals surface area contributed by atoms with E-state index in [-0.39, 0.29) is 30.0 Å². The van der Waals surface area contributed by atoms with E-state index in [1.54, 1.807) is 17.9 Å². The number of fused-ring (bicyclic) bond motifs is 1. The highest BCUT2D eigenvalue weighted by Gasteiger charge is 2.35. The number of pyridine rings is 1. The van der Waals surface area contributed by atoms with E-state index in [4.69, 9.17) is 16.6 Å². The highest BCUT2D eigenvalue weighted by molar-refractivity contribution is 6.33. The van der Waals surface area contributed by atoms with Gasteiger partial charge in [-0.15, -0.1) is 0 Å². The summed E-state index contributed by atoms with van der Waals surface area (Å²) in [7, 11) is 2.12. The zero-order chi connectivity index (χ0) is 30.2. The maximum atomic E-state index is 13.5. The Hall–Kier alpha value is -3.80. The lowest BCUT2D eigenvalue weighted by molar-refractivity contribution is -0.125. The van der Waals surface area contributed by atoms with Gasteiger partial charge in [-0.1, -0.05) is 29.8 Å². The molecule has 2 amide bonds. The van der Waals surface area contributed by atoms with Crippen molar-refractivity contribution in [1.82, 2.24) is 30.1 Å². The molecule has 2 atom stereocenters. The number of anilines is 2. The number of aliphatic hydroxyl groups excluding tert-OH is 1. The van der Waals surface area contributed by atoms with E-state index >= 15 is 0 Å². The van der Waals surface area contributed by atoms with Crippen LogP contribution in [0.25, 0.3) is 11.3 Å². The molecule has 3 aliphatic rings. The molecule has 226 valence electrons. The third-order valence-corrected chi connectivity index (χ3v) is 8.91. The largest absolute Gasteiger partial charge is 0.393 e. The molecule has 43 heavy (non-hydrogen) atoms. The first-order valence-corrected chi connectivity index (χ1v) is 15.2. The minimum absolute atomic E-state index is 0.117. The maximum Gasteiger partial charge on any atom is 0.255 e. The van der Waals surface area contributed by atoms with Crippen LogP contribution in [0.3, 0.4) is 0 Å². The van der Waals surface area contributed by atoms with E-state index in [9.17, 15) is 14.7 Å². The van der Waals surface area contributed by atoms with Crippen LogP contribution in [-0.4, -0.2) is 93.1 Å². The summed E-state index contributed by atoms with van der Waals surface area (Å²) in [5, 5.41) is 16.2. The highest BCUT2D eigenvalue weighted by Crippen LogP contribution is 2.33. The molecule has 3 N–H and O–H groups in total. The molecule has 2 aromatic heterocycles. The normalized spacial score (nSPS) is 21.7. The summed E-state index contributed by atoms with van der Waals surface area (Å²) in [4.78, 5) is 46.7. The number of halogens is 1. The molecule has 1 saturated heterocycles. The Morgan fingerprint density at radius 2 is 1.86 bits per heavy atom. The molecule has 2 aliphatic heterocycles. The van der Waals surface area contributed by atoms with Crippen molar-refractivity contribution in [1.29, 1.82) is 0 Å².